The second-order valence-electron chi connectivity index (χ2n) is 2.75. The molecule has 0 aliphatic rings. The summed E-state index contributed by atoms with van der Waals surface area (Å²) in [5, 5.41) is 16.6. The minimum absolute atomic E-state index is 0.663. The van der Waals surface area contributed by atoms with Crippen LogP contribution in [0, 0.1) is 0 Å². The summed E-state index contributed by atoms with van der Waals surface area (Å²) in [4.78, 5) is 10.2. The van der Waals surface area contributed by atoms with E-state index in [9.17, 15) is 13.6 Å². The third-order valence-electron chi connectivity index (χ3n) is 1.26. The number of hydrogen-bond acceptors (Lipinski definition) is 2. The van der Waals surface area contributed by atoms with Crippen molar-refractivity contribution >= 4 is 21.9 Å². The van der Waals surface area contributed by atoms with Gasteiger partial charge in [0.05, 0.1) is 11.8 Å². The Morgan fingerprint density at radius 1 is 1.58 bits per heavy atom. The van der Waals surface area contributed by atoms with Crippen LogP contribution in [-0.2, 0) is 4.79 Å². The Bertz CT molecular complexity index is 182. The minimum Gasteiger partial charge on any atom is -0.479 e. The molecule has 0 saturated heterocycles. The zero-order valence-electron chi connectivity index (χ0n) is 6.35. The summed E-state index contributed by atoms with van der Waals surface area (Å²) < 4.78 is 25.1. The summed E-state index contributed by atoms with van der Waals surface area (Å²) in [6, 6.07) is 0. The van der Waals surface area contributed by atoms with Crippen LogP contribution >= 0.6 is 15.9 Å². The number of carboxylic acids is 1. The Labute approximate surface area is 76.5 Å². The molecule has 3 nitrogen and oxygen atoms in total. The normalized spacial score (nSPS) is 17.1. The molecule has 0 aromatic heterocycles. The number of aliphatic hydroxyl groups is 1. The molecule has 72 valence electrons. The zero-order chi connectivity index (χ0) is 9.99. The fourth-order valence-electron chi connectivity index (χ4n) is 0.626. The van der Waals surface area contributed by atoms with E-state index in [1.54, 1.807) is 0 Å². The Morgan fingerprint density at radius 2 is 2.00 bits per heavy atom. The zero-order valence-corrected chi connectivity index (χ0v) is 7.94. The van der Waals surface area contributed by atoms with E-state index in [4.69, 9.17) is 10.2 Å². The molecule has 0 fully saturated rings. The lowest BCUT2D eigenvalue weighted by molar-refractivity contribution is -0.164. The van der Waals surface area contributed by atoms with Crippen LogP contribution in [-0.4, -0.2) is 33.0 Å². The molecule has 0 aliphatic carbocycles. The fraction of sp³-hybridized carbons (Fsp3) is 0.833. The van der Waals surface area contributed by atoms with Crippen LogP contribution in [0.5, 0.6) is 0 Å². The van der Waals surface area contributed by atoms with Gasteiger partial charge in [0, 0.05) is 0 Å². The highest BCUT2D eigenvalue weighted by Crippen LogP contribution is 2.27. The average Bonchev–Trinajstić information content (AvgIpc) is 1.85. The van der Waals surface area contributed by atoms with Crippen LogP contribution in [0.1, 0.15) is 13.3 Å². The lowest BCUT2D eigenvalue weighted by Crippen LogP contribution is -2.41. The topological polar surface area (TPSA) is 57.5 Å². The van der Waals surface area contributed by atoms with Gasteiger partial charge in [-0.3, -0.25) is 0 Å². The minimum atomic E-state index is -3.21. The Hall–Kier alpha value is -0.230. The molecule has 0 bridgehead atoms. The quantitative estimate of drug-likeness (QED) is 0.735. The van der Waals surface area contributed by atoms with E-state index in [-0.39, 0.29) is 0 Å². The number of carboxylic acid groups (broad SMARTS) is 1. The van der Waals surface area contributed by atoms with Gasteiger partial charge in [0.1, 0.15) is 0 Å². The molecule has 0 aliphatic heterocycles. The molecule has 0 aromatic carbocycles. The summed E-state index contributed by atoms with van der Waals surface area (Å²) in [7, 11) is 0. The molecule has 0 spiro atoms. The van der Waals surface area contributed by atoms with Crippen LogP contribution in [0.3, 0.4) is 0 Å². The van der Waals surface area contributed by atoms with E-state index in [2.05, 4.69) is 15.9 Å². The predicted octanol–water partition coefficient (Wildman–Crippen LogP) is 1.24. The maximum Gasteiger partial charge on any atom is 0.335 e. The van der Waals surface area contributed by atoms with Crippen LogP contribution in [0.15, 0.2) is 0 Å². The highest BCUT2D eigenvalue weighted by molar-refractivity contribution is 9.09. The SMILES string of the molecule is CC(O)(CC(F)(F)CBr)C(=O)O. The number of alkyl halides is 3. The van der Waals surface area contributed by atoms with Gasteiger partial charge in [-0.25, -0.2) is 13.6 Å². The first-order valence-electron chi connectivity index (χ1n) is 3.11. The smallest absolute Gasteiger partial charge is 0.335 e. The van der Waals surface area contributed by atoms with Crippen molar-refractivity contribution in [3.8, 4) is 0 Å². The standard InChI is InChI=1S/C6H9BrF2O3/c1-5(12,4(10)11)2-6(8,9)3-7/h12H,2-3H2,1H3,(H,10,11). The summed E-state index contributed by atoms with van der Waals surface area (Å²) in [5.74, 6) is -4.86. The van der Waals surface area contributed by atoms with Gasteiger partial charge < -0.3 is 10.2 Å². The molecule has 12 heavy (non-hydrogen) atoms. The van der Waals surface area contributed by atoms with E-state index < -0.39 is 29.2 Å². The maximum absolute atomic E-state index is 12.5. The molecule has 1 atom stereocenters. The fourth-order valence-corrected chi connectivity index (χ4v) is 0.825. The van der Waals surface area contributed by atoms with Crippen molar-refractivity contribution in [1.29, 1.82) is 0 Å². The van der Waals surface area contributed by atoms with E-state index in [0.29, 0.717) is 0 Å². The third kappa shape index (κ3) is 3.44. The second-order valence-corrected chi connectivity index (χ2v) is 3.31. The summed E-state index contributed by atoms with van der Waals surface area (Å²) >= 11 is 2.52. The van der Waals surface area contributed by atoms with Crippen molar-refractivity contribution in [1.82, 2.24) is 0 Å². The Morgan fingerprint density at radius 3 is 2.25 bits per heavy atom. The first-order chi connectivity index (χ1) is 5.21. The molecule has 0 saturated carbocycles. The Kier molecular flexibility index (Phi) is 3.59. The van der Waals surface area contributed by atoms with Crippen molar-refractivity contribution in [2.24, 2.45) is 0 Å². The van der Waals surface area contributed by atoms with Crippen LogP contribution < -0.4 is 0 Å². The van der Waals surface area contributed by atoms with Gasteiger partial charge in [-0.15, -0.1) is 0 Å². The van der Waals surface area contributed by atoms with Gasteiger partial charge in [-0.1, -0.05) is 15.9 Å². The van der Waals surface area contributed by atoms with Crippen molar-refractivity contribution < 1.29 is 23.8 Å². The molecular formula is C6H9BrF2O3. The van der Waals surface area contributed by atoms with E-state index in [1.807, 2.05) is 0 Å². The number of rotatable bonds is 4. The molecule has 0 radical (unpaired) electrons. The summed E-state index contributed by atoms with van der Waals surface area (Å²) in [5.41, 5.74) is -2.38. The molecule has 0 amide bonds. The van der Waals surface area contributed by atoms with Crippen LogP contribution in [0.25, 0.3) is 0 Å². The van der Waals surface area contributed by atoms with E-state index >= 15 is 0 Å². The first kappa shape index (κ1) is 11.8. The number of halogens is 3. The van der Waals surface area contributed by atoms with Gasteiger partial charge in [0.25, 0.3) is 5.92 Å². The monoisotopic (exact) mass is 246 g/mol. The van der Waals surface area contributed by atoms with Crippen molar-refractivity contribution in [2.45, 2.75) is 24.9 Å². The number of carbonyl (C=O) groups is 1. The van der Waals surface area contributed by atoms with Crippen molar-refractivity contribution in [3.05, 3.63) is 0 Å². The molecule has 1 unspecified atom stereocenters. The highest BCUT2D eigenvalue weighted by Gasteiger charge is 2.42. The lowest BCUT2D eigenvalue weighted by atomic mass is 9.99. The van der Waals surface area contributed by atoms with Gasteiger partial charge in [0.15, 0.2) is 5.60 Å². The highest BCUT2D eigenvalue weighted by atomic mass is 79.9. The van der Waals surface area contributed by atoms with Gasteiger partial charge in [0.2, 0.25) is 0 Å². The summed E-state index contributed by atoms with van der Waals surface area (Å²) in [6.45, 7) is 0.839. The number of aliphatic carboxylic acids is 1. The largest absolute Gasteiger partial charge is 0.479 e. The van der Waals surface area contributed by atoms with E-state index in [0.717, 1.165) is 6.92 Å². The van der Waals surface area contributed by atoms with Gasteiger partial charge >= 0.3 is 5.97 Å². The molecule has 6 heteroatoms. The third-order valence-corrected chi connectivity index (χ3v) is 2.08. The predicted molar refractivity (Wildman–Crippen MR) is 41.6 cm³/mol. The van der Waals surface area contributed by atoms with E-state index in [1.165, 1.54) is 0 Å². The Balaban J connectivity index is 4.34. The second kappa shape index (κ2) is 3.66. The van der Waals surface area contributed by atoms with Gasteiger partial charge in [-0.05, 0) is 6.92 Å². The van der Waals surface area contributed by atoms with Crippen molar-refractivity contribution in [2.75, 3.05) is 5.33 Å². The van der Waals surface area contributed by atoms with Crippen LogP contribution in [0.4, 0.5) is 8.78 Å². The molecular weight excluding hydrogens is 238 g/mol. The van der Waals surface area contributed by atoms with Gasteiger partial charge in [-0.2, -0.15) is 0 Å². The maximum atomic E-state index is 12.5. The van der Waals surface area contributed by atoms with Crippen molar-refractivity contribution in [3.63, 3.8) is 0 Å². The lowest BCUT2D eigenvalue weighted by Gasteiger charge is -2.22. The molecule has 0 rings (SSSR count). The first-order valence-corrected chi connectivity index (χ1v) is 4.23. The summed E-state index contributed by atoms with van der Waals surface area (Å²) in [6.07, 6.45) is -1.10. The molecule has 2 N–H and O–H groups in total. The molecule has 0 heterocycles. The van der Waals surface area contributed by atoms with Crippen LogP contribution in [0.2, 0.25) is 0 Å². The molecule has 0 aromatic rings. The number of hydrogen-bond donors (Lipinski definition) is 2. The average molecular weight is 247 g/mol.